The second-order valence-corrected chi connectivity index (χ2v) is 11.3. The molecule has 10 nitrogen and oxygen atoms in total. The predicted octanol–water partition coefficient (Wildman–Crippen LogP) is 2.44. The summed E-state index contributed by atoms with van der Waals surface area (Å²) in [5.41, 5.74) is -3.31. The molecule has 0 radical (unpaired) electrons. The molecule has 0 saturated heterocycles. The highest BCUT2D eigenvalue weighted by Gasteiger charge is 2.77. The van der Waals surface area contributed by atoms with E-state index >= 15 is 0 Å². The summed E-state index contributed by atoms with van der Waals surface area (Å²) >= 11 is 0. The van der Waals surface area contributed by atoms with Crippen LogP contribution >= 0.6 is 0 Å². The molecule has 0 aromatic carbocycles. The van der Waals surface area contributed by atoms with Crippen LogP contribution in [-0.2, 0) is 42.9 Å². The maximum Gasteiger partial charge on any atom is 0.310 e. The van der Waals surface area contributed by atoms with Gasteiger partial charge in [0, 0.05) is 44.1 Å². The third-order valence-electron chi connectivity index (χ3n) is 8.99. The Hall–Kier alpha value is -2.75. The molecule has 3 aliphatic carbocycles. The summed E-state index contributed by atoms with van der Waals surface area (Å²) in [6.45, 7) is 10.8. The number of hydrogen-bond donors (Lipinski definition) is 1. The highest BCUT2D eigenvalue weighted by molar-refractivity contribution is 6.01. The molecule has 10 heteroatoms. The van der Waals surface area contributed by atoms with Gasteiger partial charge in [-0.3, -0.25) is 24.0 Å². The monoisotopic (exact) mass is 522 g/mol. The van der Waals surface area contributed by atoms with Gasteiger partial charge in [-0.05, 0) is 31.1 Å². The van der Waals surface area contributed by atoms with E-state index in [4.69, 9.17) is 18.9 Å². The Balaban J connectivity index is 2.37. The van der Waals surface area contributed by atoms with E-state index < -0.39 is 70.5 Å². The molecule has 206 valence electrons. The van der Waals surface area contributed by atoms with Crippen LogP contribution in [-0.4, -0.2) is 65.8 Å². The summed E-state index contributed by atoms with van der Waals surface area (Å²) in [6.07, 6.45) is -2.84. The summed E-state index contributed by atoms with van der Waals surface area (Å²) in [5, 5.41) is 12.8. The van der Waals surface area contributed by atoms with Gasteiger partial charge >= 0.3 is 23.9 Å². The zero-order valence-corrected chi connectivity index (χ0v) is 22.8. The molecular weight excluding hydrogens is 484 g/mol. The zero-order valence-electron chi connectivity index (χ0n) is 22.8. The number of carbonyl (C=O) groups is 5. The second-order valence-electron chi connectivity index (χ2n) is 11.3. The van der Waals surface area contributed by atoms with Crippen molar-refractivity contribution in [3.63, 3.8) is 0 Å². The van der Waals surface area contributed by atoms with Crippen LogP contribution in [0.1, 0.15) is 74.1 Å². The molecule has 0 spiro atoms. The lowest BCUT2D eigenvalue weighted by atomic mass is 9.39. The Bertz CT molecular complexity index is 1040. The zero-order chi connectivity index (χ0) is 28.1. The number of carbonyl (C=O) groups excluding carboxylic acids is 5. The first-order chi connectivity index (χ1) is 17.0. The van der Waals surface area contributed by atoms with E-state index in [1.54, 1.807) is 13.8 Å². The maximum absolute atomic E-state index is 13.5. The van der Waals surface area contributed by atoms with Crippen LogP contribution < -0.4 is 0 Å². The van der Waals surface area contributed by atoms with Crippen LogP contribution in [0.3, 0.4) is 0 Å². The lowest BCUT2D eigenvalue weighted by molar-refractivity contribution is -0.333. The van der Waals surface area contributed by atoms with Crippen molar-refractivity contribution in [1.29, 1.82) is 0 Å². The largest absolute Gasteiger partial charge is 0.469 e. The van der Waals surface area contributed by atoms with Gasteiger partial charge in [0.05, 0.1) is 13.5 Å². The van der Waals surface area contributed by atoms with Crippen molar-refractivity contribution in [2.75, 3.05) is 7.11 Å². The maximum atomic E-state index is 13.5. The highest BCUT2D eigenvalue weighted by Crippen LogP contribution is 2.67. The lowest BCUT2D eigenvalue weighted by Crippen LogP contribution is -2.80. The minimum atomic E-state index is -1.86. The minimum Gasteiger partial charge on any atom is -0.469 e. The topological polar surface area (TPSA) is 142 Å². The second kappa shape index (κ2) is 9.85. The Morgan fingerprint density at radius 3 is 2.05 bits per heavy atom. The summed E-state index contributed by atoms with van der Waals surface area (Å²) in [4.78, 5) is 62.5. The minimum absolute atomic E-state index is 0.0917. The van der Waals surface area contributed by atoms with Crippen LogP contribution in [0.4, 0.5) is 0 Å². The first kappa shape index (κ1) is 28.8. The van der Waals surface area contributed by atoms with E-state index in [9.17, 15) is 29.1 Å². The number of methoxy groups -OCH3 is 1. The van der Waals surface area contributed by atoms with Crippen molar-refractivity contribution >= 4 is 29.7 Å². The molecule has 0 amide bonds. The summed E-state index contributed by atoms with van der Waals surface area (Å²) in [5.74, 6) is -4.16. The van der Waals surface area contributed by atoms with E-state index in [0.717, 1.165) is 0 Å². The van der Waals surface area contributed by atoms with Crippen LogP contribution in [0, 0.1) is 22.7 Å². The van der Waals surface area contributed by atoms with Gasteiger partial charge in [-0.25, -0.2) is 0 Å². The predicted molar refractivity (Wildman–Crippen MR) is 129 cm³/mol. The van der Waals surface area contributed by atoms with Crippen LogP contribution in [0.15, 0.2) is 11.1 Å². The number of esters is 4. The molecule has 0 heterocycles. The van der Waals surface area contributed by atoms with Gasteiger partial charge in [0.15, 0.2) is 11.9 Å². The lowest BCUT2D eigenvalue weighted by Gasteiger charge is -2.69. The fourth-order valence-corrected chi connectivity index (χ4v) is 7.32. The Morgan fingerprint density at radius 1 is 0.973 bits per heavy atom. The van der Waals surface area contributed by atoms with Crippen molar-refractivity contribution in [3.05, 3.63) is 11.1 Å². The van der Waals surface area contributed by atoms with Crippen molar-refractivity contribution in [1.82, 2.24) is 0 Å². The molecule has 0 aromatic rings. The highest BCUT2D eigenvalue weighted by atomic mass is 16.6. The molecule has 37 heavy (non-hydrogen) atoms. The Labute approximate surface area is 217 Å². The van der Waals surface area contributed by atoms with Crippen LogP contribution in [0.2, 0.25) is 0 Å². The molecule has 3 aliphatic rings. The molecule has 7 atom stereocenters. The van der Waals surface area contributed by atoms with Gasteiger partial charge < -0.3 is 24.1 Å². The molecular formula is C27H38O10. The van der Waals surface area contributed by atoms with Gasteiger partial charge in [-0.1, -0.05) is 26.3 Å². The van der Waals surface area contributed by atoms with Gasteiger partial charge in [-0.15, -0.1) is 0 Å². The van der Waals surface area contributed by atoms with E-state index in [0.29, 0.717) is 18.4 Å². The fourth-order valence-electron chi connectivity index (χ4n) is 7.32. The fraction of sp³-hybridized carbons (Fsp3) is 0.741. The molecule has 0 bridgehead atoms. The third kappa shape index (κ3) is 4.47. The first-order valence-electron chi connectivity index (χ1n) is 12.6. The molecule has 0 aromatic heterocycles. The average Bonchev–Trinajstić information content (AvgIpc) is 2.78. The number of hydrogen-bond acceptors (Lipinski definition) is 10. The van der Waals surface area contributed by atoms with Gasteiger partial charge in [0.1, 0.15) is 17.8 Å². The molecule has 0 unspecified atom stereocenters. The smallest absolute Gasteiger partial charge is 0.310 e. The SMILES string of the molecule is COC(=O)CC1=C(C)[C@@H]2[C@@H](OC(C)=O)[C@H](OC(C)=O)[C@@]3(O)C(C)(C)CC[C@H](OC(C)=O)[C@]3(C)[C@H]2CC1=O. The Morgan fingerprint density at radius 2 is 1.54 bits per heavy atom. The van der Waals surface area contributed by atoms with Gasteiger partial charge in [0.25, 0.3) is 0 Å². The molecule has 2 fully saturated rings. The summed E-state index contributed by atoms with van der Waals surface area (Å²) in [7, 11) is 1.22. The van der Waals surface area contributed by atoms with E-state index in [-0.39, 0.29) is 24.2 Å². The van der Waals surface area contributed by atoms with E-state index in [1.165, 1.54) is 27.9 Å². The number of ether oxygens (including phenoxy) is 4. The van der Waals surface area contributed by atoms with Gasteiger partial charge in [-0.2, -0.15) is 0 Å². The Kier molecular flexibility index (Phi) is 7.67. The van der Waals surface area contributed by atoms with Crippen molar-refractivity contribution < 1.29 is 48.0 Å². The first-order valence-corrected chi connectivity index (χ1v) is 12.6. The normalized spacial score (nSPS) is 36.6. The standard InChI is InChI=1S/C27H38O10/c1-13-17(11-21(32)34-8)19(31)12-18-22(13)23(36-15(3)29)24(37-16(4)30)27(33)25(5,6)10-9-20(26(18,27)7)35-14(2)28/h18,20,22-24,33H,9-12H2,1-8H3/t18-,20-,22-,23+,24-,26-,27+/m0/s1. The molecule has 3 rings (SSSR count). The number of ketones is 1. The molecule has 0 aliphatic heterocycles. The third-order valence-corrected chi connectivity index (χ3v) is 8.99. The summed E-state index contributed by atoms with van der Waals surface area (Å²) in [6, 6.07) is 0. The van der Waals surface area contributed by atoms with Crippen molar-refractivity contribution in [3.8, 4) is 0 Å². The quantitative estimate of drug-likeness (QED) is 0.422. The number of aliphatic hydroxyl groups is 1. The molecule has 2 saturated carbocycles. The number of fused-ring (bicyclic) bond motifs is 3. The average molecular weight is 523 g/mol. The van der Waals surface area contributed by atoms with E-state index in [2.05, 4.69) is 0 Å². The number of rotatable bonds is 5. The molecule has 1 N–H and O–H groups in total. The van der Waals surface area contributed by atoms with Crippen molar-refractivity contribution in [2.24, 2.45) is 22.7 Å². The van der Waals surface area contributed by atoms with Gasteiger partial charge in [0.2, 0.25) is 0 Å². The van der Waals surface area contributed by atoms with E-state index in [1.807, 2.05) is 13.8 Å². The number of Topliss-reactive ketones (excluding diaryl/α,β-unsaturated/α-hetero) is 1. The van der Waals surface area contributed by atoms with Crippen molar-refractivity contribution in [2.45, 2.75) is 98.1 Å². The van der Waals surface area contributed by atoms with Crippen LogP contribution in [0.25, 0.3) is 0 Å². The van der Waals surface area contributed by atoms with Crippen LogP contribution in [0.5, 0.6) is 0 Å². The summed E-state index contributed by atoms with van der Waals surface area (Å²) < 4.78 is 22.1.